The minimum absolute atomic E-state index is 0.00448. The molecule has 24 heavy (non-hydrogen) atoms. The van der Waals surface area contributed by atoms with Crippen molar-refractivity contribution in [2.45, 2.75) is 13.3 Å². The van der Waals surface area contributed by atoms with E-state index in [9.17, 15) is 9.59 Å². The fourth-order valence-electron chi connectivity index (χ4n) is 2.69. The third-order valence-corrected chi connectivity index (χ3v) is 3.86. The molecular formula is C19H19N3O2. The van der Waals surface area contributed by atoms with E-state index in [0.717, 1.165) is 5.52 Å². The van der Waals surface area contributed by atoms with E-state index in [1.807, 2.05) is 37.3 Å². The van der Waals surface area contributed by atoms with Crippen molar-refractivity contribution in [2.75, 3.05) is 0 Å². The van der Waals surface area contributed by atoms with Gasteiger partial charge in [-0.15, -0.1) is 0 Å². The molecule has 1 aromatic heterocycles. The zero-order chi connectivity index (χ0) is 17.1. The van der Waals surface area contributed by atoms with Gasteiger partial charge in [-0.3, -0.25) is 9.59 Å². The lowest BCUT2D eigenvalue weighted by atomic mass is 10.1. The first-order chi connectivity index (χ1) is 11.5. The maximum atomic E-state index is 12.4. The van der Waals surface area contributed by atoms with Gasteiger partial charge in [0, 0.05) is 34.1 Å². The first-order valence-corrected chi connectivity index (χ1v) is 7.79. The van der Waals surface area contributed by atoms with Crippen LogP contribution in [0.5, 0.6) is 0 Å². The number of hydrogen-bond acceptors (Lipinski definition) is 3. The highest BCUT2D eigenvalue weighted by molar-refractivity contribution is 5.83. The summed E-state index contributed by atoms with van der Waals surface area (Å²) in [6.45, 7) is 2.01. The molecule has 4 N–H and O–H groups in total. The minimum atomic E-state index is -0.256. The number of fused-ring (bicyclic) bond motifs is 1. The molecule has 1 aliphatic rings. The fraction of sp³-hybridized carbons (Fsp3) is 0.158. The van der Waals surface area contributed by atoms with Crippen LogP contribution in [0.1, 0.15) is 12.5 Å². The van der Waals surface area contributed by atoms with Crippen molar-refractivity contribution in [1.82, 2.24) is 10.3 Å². The van der Waals surface area contributed by atoms with Gasteiger partial charge < -0.3 is 16.0 Å². The Morgan fingerprint density at radius 2 is 2.12 bits per heavy atom. The molecule has 5 heteroatoms. The minimum Gasteiger partial charge on any atom is -0.399 e. The topological polar surface area (TPSA) is 88.0 Å². The van der Waals surface area contributed by atoms with Crippen LogP contribution in [0.25, 0.3) is 10.9 Å². The molecule has 0 fully saturated rings. The Morgan fingerprint density at radius 3 is 2.96 bits per heavy atom. The van der Waals surface area contributed by atoms with Crippen molar-refractivity contribution in [3.63, 3.8) is 0 Å². The summed E-state index contributed by atoms with van der Waals surface area (Å²) in [7, 11) is 0. The van der Waals surface area contributed by atoms with Crippen LogP contribution >= 0.6 is 0 Å². The van der Waals surface area contributed by atoms with Crippen LogP contribution in [0.15, 0.2) is 71.0 Å². The highest BCUT2D eigenvalue weighted by Crippen LogP contribution is 2.11. The van der Waals surface area contributed by atoms with Gasteiger partial charge in [0.1, 0.15) is 0 Å². The van der Waals surface area contributed by atoms with Crippen molar-refractivity contribution in [3.05, 3.63) is 81.9 Å². The highest BCUT2D eigenvalue weighted by atomic mass is 16.1. The predicted molar refractivity (Wildman–Crippen MR) is 95.1 cm³/mol. The number of benzene rings is 1. The predicted octanol–water partition coefficient (Wildman–Crippen LogP) is 2.12. The van der Waals surface area contributed by atoms with E-state index in [-0.39, 0.29) is 23.7 Å². The van der Waals surface area contributed by atoms with Crippen molar-refractivity contribution in [2.24, 2.45) is 11.7 Å². The van der Waals surface area contributed by atoms with Crippen molar-refractivity contribution < 1.29 is 4.79 Å². The maximum Gasteiger partial charge on any atom is 0.229 e. The van der Waals surface area contributed by atoms with Gasteiger partial charge in [0.2, 0.25) is 5.91 Å². The molecule has 2 aromatic rings. The Hall–Kier alpha value is -3.08. The normalized spacial score (nSPS) is 17.1. The van der Waals surface area contributed by atoms with E-state index in [1.165, 1.54) is 0 Å². The summed E-state index contributed by atoms with van der Waals surface area (Å²) in [5, 5.41) is 3.38. The first-order valence-electron chi connectivity index (χ1n) is 7.79. The summed E-state index contributed by atoms with van der Waals surface area (Å²) in [4.78, 5) is 27.8. The summed E-state index contributed by atoms with van der Waals surface area (Å²) < 4.78 is 0. The van der Waals surface area contributed by atoms with Crippen LogP contribution in [0.2, 0.25) is 0 Å². The van der Waals surface area contributed by atoms with Gasteiger partial charge in [0.25, 0.3) is 0 Å². The van der Waals surface area contributed by atoms with Gasteiger partial charge in [0.15, 0.2) is 5.43 Å². The van der Waals surface area contributed by atoms with Crippen molar-refractivity contribution in [3.8, 4) is 0 Å². The summed E-state index contributed by atoms with van der Waals surface area (Å²) in [5.74, 6) is -0.0481. The Morgan fingerprint density at radius 1 is 1.33 bits per heavy atom. The zero-order valence-corrected chi connectivity index (χ0v) is 13.4. The summed E-state index contributed by atoms with van der Waals surface area (Å²) in [6, 6.07) is 7.24. The third-order valence-electron chi connectivity index (χ3n) is 3.86. The second kappa shape index (κ2) is 6.58. The first kappa shape index (κ1) is 15.8. The number of nitrogens with two attached hydrogens (primary N) is 1. The number of para-hydroxylation sites is 1. The molecule has 0 spiro atoms. The molecule has 1 amide bonds. The molecule has 0 radical (unpaired) electrons. The van der Waals surface area contributed by atoms with E-state index in [4.69, 9.17) is 5.73 Å². The number of nitrogens with one attached hydrogen (secondary N) is 2. The Kier molecular flexibility index (Phi) is 4.33. The molecule has 0 saturated heterocycles. The molecule has 0 saturated carbocycles. The van der Waals surface area contributed by atoms with E-state index in [2.05, 4.69) is 10.3 Å². The molecule has 1 unspecified atom stereocenters. The van der Waals surface area contributed by atoms with Gasteiger partial charge in [0.05, 0.1) is 6.42 Å². The van der Waals surface area contributed by atoms with E-state index in [0.29, 0.717) is 22.3 Å². The molecule has 1 aliphatic carbocycles. The van der Waals surface area contributed by atoms with Crippen LogP contribution in [-0.4, -0.2) is 10.9 Å². The average molecular weight is 321 g/mol. The maximum absolute atomic E-state index is 12.4. The second-order valence-electron chi connectivity index (χ2n) is 5.90. The van der Waals surface area contributed by atoms with E-state index >= 15 is 0 Å². The fourth-order valence-corrected chi connectivity index (χ4v) is 2.69. The van der Waals surface area contributed by atoms with Crippen LogP contribution in [-0.2, 0) is 11.2 Å². The van der Waals surface area contributed by atoms with Crippen LogP contribution in [0.4, 0.5) is 0 Å². The molecule has 1 heterocycles. The lowest BCUT2D eigenvalue weighted by Gasteiger charge is -2.07. The highest BCUT2D eigenvalue weighted by Gasteiger charge is 2.11. The zero-order valence-electron chi connectivity index (χ0n) is 13.4. The van der Waals surface area contributed by atoms with Gasteiger partial charge >= 0.3 is 0 Å². The molecule has 5 nitrogen and oxygen atoms in total. The molecular weight excluding hydrogens is 302 g/mol. The van der Waals surface area contributed by atoms with Crippen LogP contribution < -0.4 is 16.5 Å². The van der Waals surface area contributed by atoms with E-state index in [1.54, 1.807) is 24.4 Å². The summed E-state index contributed by atoms with van der Waals surface area (Å²) in [6.07, 6.45) is 8.99. The molecule has 0 aliphatic heterocycles. The Balaban J connectivity index is 1.78. The number of H-pyrrole nitrogens is 1. The van der Waals surface area contributed by atoms with E-state index < -0.39 is 0 Å². The van der Waals surface area contributed by atoms with Crippen molar-refractivity contribution >= 4 is 16.8 Å². The number of aromatic nitrogens is 1. The van der Waals surface area contributed by atoms with Crippen molar-refractivity contribution in [1.29, 1.82) is 0 Å². The Bertz CT molecular complexity index is 935. The largest absolute Gasteiger partial charge is 0.399 e. The van der Waals surface area contributed by atoms with Crippen LogP contribution in [0, 0.1) is 5.92 Å². The second-order valence-corrected chi connectivity index (χ2v) is 5.90. The third kappa shape index (κ3) is 3.46. The summed E-state index contributed by atoms with van der Waals surface area (Å²) in [5.41, 5.74) is 8.15. The number of carbonyl (C=O) groups excluding carboxylic acids is 1. The number of amides is 1. The smallest absolute Gasteiger partial charge is 0.229 e. The Labute approximate surface area is 139 Å². The van der Waals surface area contributed by atoms with Gasteiger partial charge in [-0.25, -0.2) is 0 Å². The number of carbonyl (C=O) groups is 1. The standard InChI is InChI=1S/C19H19N3O2/c1-12-6-7-15(10-14(20)8-12)22-18(23)9-13-11-21-17-5-3-2-4-16(17)19(13)24/h2-8,10-12H,9,20H2,1H3,(H,21,24)(H,22,23). The van der Waals surface area contributed by atoms with Gasteiger partial charge in [-0.05, 0) is 30.2 Å². The molecule has 3 rings (SSSR count). The number of allylic oxidation sites excluding steroid dienone is 4. The summed E-state index contributed by atoms with van der Waals surface area (Å²) >= 11 is 0. The molecule has 1 aromatic carbocycles. The lowest BCUT2D eigenvalue weighted by Crippen LogP contribution is -2.26. The number of hydrogen-bond donors (Lipinski definition) is 3. The van der Waals surface area contributed by atoms with Gasteiger partial charge in [-0.1, -0.05) is 31.2 Å². The number of pyridine rings is 1. The van der Waals surface area contributed by atoms with Gasteiger partial charge in [-0.2, -0.15) is 0 Å². The monoisotopic (exact) mass is 321 g/mol. The molecule has 0 bridgehead atoms. The number of aromatic amines is 1. The lowest BCUT2D eigenvalue weighted by molar-refractivity contribution is -0.119. The van der Waals surface area contributed by atoms with Crippen LogP contribution in [0.3, 0.4) is 0 Å². The molecule has 1 atom stereocenters. The molecule has 122 valence electrons. The quantitative estimate of drug-likeness (QED) is 0.809. The SMILES string of the molecule is CC1C=CC(NC(=O)Cc2c[nH]c3ccccc3c2=O)=CC(N)=C1. The average Bonchev–Trinajstić information content (AvgIpc) is 2.70. The number of rotatable bonds is 3.